The van der Waals surface area contributed by atoms with Gasteiger partial charge in [0.25, 0.3) is 0 Å². The van der Waals surface area contributed by atoms with Gasteiger partial charge in [-0.2, -0.15) is 0 Å². The summed E-state index contributed by atoms with van der Waals surface area (Å²) in [6.45, 7) is 0. The van der Waals surface area contributed by atoms with Gasteiger partial charge in [-0.1, -0.05) is 0 Å². The van der Waals surface area contributed by atoms with Crippen molar-refractivity contribution in [2.75, 3.05) is 0 Å². The normalized spacial score (nSPS) is 17.1. The third-order valence-corrected chi connectivity index (χ3v) is 1.65. The van der Waals surface area contributed by atoms with E-state index in [1.165, 1.54) is 6.08 Å². The molecule has 58 valence electrons. The van der Waals surface area contributed by atoms with Gasteiger partial charge in [-0.25, -0.2) is 9.59 Å². The fourth-order valence-corrected chi connectivity index (χ4v) is 1.07. The van der Waals surface area contributed by atoms with Crippen LogP contribution in [-0.2, 0) is 9.59 Å². The van der Waals surface area contributed by atoms with E-state index in [1.807, 2.05) is 0 Å². The lowest BCUT2D eigenvalue weighted by molar-refractivity contribution is -0.132. The highest BCUT2D eigenvalue weighted by Gasteiger charge is 2.13. The van der Waals surface area contributed by atoms with Crippen LogP contribution in [0.5, 0.6) is 0 Å². The van der Waals surface area contributed by atoms with Crippen LogP contribution in [0.3, 0.4) is 0 Å². The smallest absolute Gasteiger partial charge is 0.331 e. The number of carbonyl (C=O) groups excluding carboxylic acids is 1. The second-order valence-electron chi connectivity index (χ2n) is 2.46. The molecule has 3 heteroatoms. The van der Waals surface area contributed by atoms with Crippen LogP contribution in [-0.4, -0.2) is 17.0 Å². The molecule has 0 saturated carbocycles. The molecule has 0 unspecified atom stereocenters. The maximum absolute atomic E-state index is 10.4. The van der Waals surface area contributed by atoms with Crippen LogP contribution in [0, 0.1) is 0 Å². The molecule has 0 amide bonds. The Balaban J connectivity index is 2.89. The second kappa shape index (κ2) is 3.17. The van der Waals surface area contributed by atoms with Gasteiger partial charge in [0.2, 0.25) is 0 Å². The Morgan fingerprint density at radius 1 is 1.55 bits per heavy atom. The van der Waals surface area contributed by atoms with Gasteiger partial charge in [0.05, 0.1) is 0 Å². The first kappa shape index (κ1) is 7.76. The number of carboxylic acid groups (broad SMARTS) is 1. The van der Waals surface area contributed by atoms with Crippen molar-refractivity contribution in [3.63, 3.8) is 0 Å². The first-order chi connectivity index (χ1) is 5.24. The van der Waals surface area contributed by atoms with Crippen LogP contribution in [0.25, 0.3) is 0 Å². The SMILES string of the molecule is O=C=C1C=C(C(=O)O)CCC1. The Morgan fingerprint density at radius 3 is 2.82 bits per heavy atom. The zero-order chi connectivity index (χ0) is 8.27. The maximum Gasteiger partial charge on any atom is 0.331 e. The summed E-state index contributed by atoms with van der Waals surface area (Å²) < 4.78 is 0. The first-order valence-corrected chi connectivity index (χ1v) is 3.42. The van der Waals surface area contributed by atoms with Gasteiger partial charge in [-0.05, 0) is 25.3 Å². The number of hydrogen-bond donors (Lipinski definition) is 1. The van der Waals surface area contributed by atoms with Gasteiger partial charge >= 0.3 is 5.97 Å². The van der Waals surface area contributed by atoms with Crippen LogP contribution >= 0.6 is 0 Å². The van der Waals surface area contributed by atoms with Crippen LogP contribution in [0.1, 0.15) is 19.3 Å². The van der Waals surface area contributed by atoms with Crippen molar-refractivity contribution in [1.82, 2.24) is 0 Å². The molecule has 0 saturated heterocycles. The summed E-state index contributed by atoms with van der Waals surface area (Å²) in [5, 5.41) is 8.54. The minimum absolute atomic E-state index is 0.314. The lowest BCUT2D eigenvalue weighted by Crippen LogP contribution is -2.05. The van der Waals surface area contributed by atoms with Crippen molar-refractivity contribution in [3.8, 4) is 0 Å². The third-order valence-electron chi connectivity index (χ3n) is 1.65. The van der Waals surface area contributed by atoms with Gasteiger partial charge in [0, 0.05) is 11.1 Å². The first-order valence-electron chi connectivity index (χ1n) is 3.42. The predicted molar refractivity (Wildman–Crippen MR) is 38.8 cm³/mol. The molecule has 0 bridgehead atoms. The lowest BCUT2D eigenvalue weighted by atomic mass is 9.96. The number of rotatable bonds is 1. The summed E-state index contributed by atoms with van der Waals surface area (Å²) in [7, 11) is 0. The number of allylic oxidation sites excluding steroid dienone is 2. The Labute approximate surface area is 64.0 Å². The summed E-state index contributed by atoms with van der Waals surface area (Å²) in [5.41, 5.74) is 0.781. The van der Waals surface area contributed by atoms with E-state index in [2.05, 4.69) is 0 Å². The Hall–Kier alpha value is -1.34. The van der Waals surface area contributed by atoms with Crippen molar-refractivity contribution >= 4 is 11.9 Å². The Morgan fingerprint density at radius 2 is 2.27 bits per heavy atom. The monoisotopic (exact) mass is 152 g/mol. The van der Waals surface area contributed by atoms with Crippen molar-refractivity contribution in [2.24, 2.45) is 0 Å². The number of carboxylic acids is 1. The Bertz CT molecular complexity index is 257. The quantitative estimate of drug-likeness (QED) is 0.569. The van der Waals surface area contributed by atoms with Crippen LogP contribution in [0.4, 0.5) is 0 Å². The molecule has 3 nitrogen and oxygen atoms in total. The highest BCUT2D eigenvalue weighted by Crippen LogP contribution is 2.20. The van der Waals surface area contributed by atoms with Crippen molar-refractivity contribution in [2.45, 2.75) is 19.3 Å². The zero-order valence-corrected chi connectivity index (χ0v) is 5.96. The fraction of sp³-hybridized carbons (Fsp3) is 0.375. The minimum Gasteiger partial charge on any atom is -0.478 e. The standard InChI is InChI=1S/C8H8O3/c9-5-6-2-1-3-7(4-6)8(10)11/h4H,1-3H2,(H,10,11). The summed E-state index contributed by atoms with van der Waals surface area (Å²) in [6.07, 6.45) is 3.36. The molecule has 0 radical (unpaired) electrons. The lowest BCUT2D eigenvalue weighted by Gasteiger charge is -2.07. The van der Waals surface area contributed by atoms with Crippen LogP contribution in [0.2, 0.25) is 0 Å². The average molecular weight is 152 g/mol. The van der Waals surface area contributed by atoms with Gasteiger partial charge in [0.15, 0.2) is 0 Å². The molecule has 0 atom stereocenters. The van der Waals surface area contributed by atoms with E-state index in [1.54, 1.807) is 5.94 Å². The molecular formula is C8H8O3. The predicted octanol–water partition coefficient (Wildman–Crippen LogP) is 0.939. The van der Waals surface area contributed by atoms with Gasteiger partial charge in [0.1, 0.15) is 5.94 Å². The minimum atomic E-state index is -0.933. The van der Waals surface area contributed by atoms with Gasteiger partial charge in [-0.15, -0.1) is 0 Å². The van der Waals surface area contributed by atoms with E-state index in [4.69, 9.17) is 5.11 Å². The zero-order valence-electron chi connectivity index (χ0n) is 5.96. The van der Waals surface area contributed by atoms with Crippen molar-refractivity contribution in [3.05, 3.63) is 17.2 Å². The van der Waals surface area contributed by atoms with E-state index in [0.29, 0.717) is 24.0 Å². The second-order valence-corrected chi connectivity index (χ2v) is 2.46. The molecule has 0 aromatic heterocycles. The molecule has 1 aliphatic rings. The molecule has 1 N–H and O–H groups in total. The molecule has 0 aromatic rings. The van der Waals surface area contributed by atoms with E-state index >= 15 is 0 Å². The van der Waals surface area contributed by atoms with Crippen molar-refractivity contribution in [1.29, 1.82) is 0 Å². The summed E-state index contributed by atoms with van der Waals surface area (Å²) in [6, 6.07) is 0. The topological polar surface area (TPSA) is 54.4 Å². The molecule has 0 fully saturated rings. The molecule has 1 aliphatic carbocycles. The van der Waals surface area contributed by atoms with Gasteiger partial charge in [-0.3, -0.25) is 0 Å². The summed E-state index contributed by atoms with van der Waals surface area (Å²) in [5.74, 6) is 0.783. The summed E-state index contributed by atoms with van der Waals surface area (Å²) >= 11 is 0. The molecule has 0 spiro atoms. The molecule has 0 aromatic carbocycles. The molecule has 11 heavy (non-hydrogen) atoms. The Kier molecular flexibility index (Phi) is 2.24. The van der Waals surface area contributed by atoms with E-state index in [0.717, 1.165) is 6.42 Å². The number of aliphatic carboxylic acids is 1. The summed E-state index contributed by atoms with van der Waals surface area (Å²) in [4.78, 5) is 20.5. The van der Waals surface area contributed by atoms with E-state index < -0.39 is 5.97 Å². The maximum atomic E-state index is 10.4. The fourth-order valence-electron chi connectivity index (χ4n) is 1.07. The van der Waals surface area contributed by atoms with Crippen LogP contribution in [0.15, 0.2) is 17.2 Å². The highest BCUT2D eigenvalue weighted by atomic mass is 16.4. The largest absolute Gasteiger partial charge is 0.478 e. The molecule has 0 heterocycles. The van der Waals surface area contributed by atoms with E-state index in [9.17, 15) is 9.59 Å². The average Bonchev–Trinajstić information content (AvgIpc) is 2.05. The van der Waals surface area contributed by atoms with Gasteiger partial charge < -0.3 is 5.11 Å². The molecule has 1 rings (SSSR count). The number of hydrogen-bond acceptors (Lipinski definition) is 2. The highest BCUT2D eigenvalue weighted by molar-refractivity contribution is 5.88. The molecular weight excluding hydrogens is 144 g/mol. The van der Waals surface area contributed by atoms with Crippen molar-refractivity contribution < 1.29 is 14.7 Å². The molecule has 0 aliphatic heterocycles. The van der Waals surface area contributed by atoms with E-state index in [-0.39, 0.29) is 0 Å². The number of carbonyl (C=O) groups is 1. The third kappa shape index (κ3) is 1.79. The van der Waals surface area contributed by atoms with Crippen LogP contribution < -0.4 is 0 Å².